The largest absolute Gasteiger partial charge is 0.291 e. The number of aryl methyl sites for hydroxylation is 1. The molecule has 0 amide bonds. The second-order valence-electron chi connectivity index (χ2n) is 3.96. The molecular weight excluding hydrogens is 245 g/mol. The van der Waals surface area contributed by atoms with E-state index in [-0.39, 0.29) is 10.3 Å². The topological polar surface area (TPSA) is 3.24 Å². The molecule has 1 aromatic carbocycles. The number of fused-ring (bicyclic) bond motifs is 1. The van der Waals surface area contributed by atoms with Gasteiger partial charge in [0.2, 0.25) is 0 Å². The zero-order valence-corrected chi connectivity index (χ0v) is 9.94. The van der Waals surface area contributed by atoms with Crippen LogP contribution in [0.1, 0.15) is 17.5 Å². The first-order valence-electron chi connectivity index (χ1n) is 4.69. The third kappa shape index (κ3) is 1.39. The molecule has 1 atom stereocenters. The average Bonchev–Trinajstić information content (AvgIpc) is 2.45. The summed E-state index contributed by atoms with van der Waals surface area (Å²) in [4.78, 5) is 2.14. The maximum Gasteiger partial charge on any atom is 0.123 e. The maximum absolute atomic E-state index is 13.0. The molecule has 76 valence electrons. The van der Waals surface area contributed by atoms with Gasteiger partial charge in [-0.15, -0.1) is 0 Å². The normalized spacial score (nSPS) is 25.5. The number of halogens is 2. The predicted molar refractivity (Wildman–Crippen MR) is 59.0 cm³/mol. The Morgan fingerprint density at radius 3 is 2.79 bits per heavy atom. The highest BCUT2D eigenvalue weighted by Gasteiger charge is 2.38. The number of hydrogen-bond acceptors (Lipinski definition) is 1. The summed E-state index contributed by atoms with van der Waals surface area (Å²) < 4.78 is 12.9. The van der Waals surface area contributed by atoms with E-state index in [1.54, 1.807) is 6.07 Å². The minimum absolute atomic E-state index is 0.101. The van der Waals surface area contributed by atoms with Crippen LogP contribution in [0.15, 0.2) is 18.2 Å². The van der Waals surface area contributed by atoms with Crippen LogP contribution in [-0.2, 0) is 10.9 Å². The van der Waals surface area contributed by atoms with Crippen LogP contribution < -0.4 is 0 Å². The number of nitrogens with zero attached hydrogens (tertiary/aromatic N) is 1. The molecule has 0 bridgehead atoms. The van der Waals surface area contributed by atoms with E-state index in [0.717, 1.165) is 18.4 Å². The van der Waals surface area contributed by atoms with Gasteiger partial charge in [0.25, 0.3) is 0 Å². The van der Waals surface area contributed by atoms with Crippen LogP contribution in [0.2, 0.25) is 0 Å². The van der Waals surface area contributed by atoms with Crippen molar-refractivity contribution in [1.82, 2.24) is 4.90 Å². The molecule has 1 aliphatic carbocycles. The van der Waals surface area contributed by atoms with E-state index < -0.39 is 0 Å². The maximum atomic E-state index is 13.0. The zero-order chi connectivity index (χ0) is 10.3. The molecule has 14 heavy (non-hydrogen) atoms. The Morgan fingerprint density at radius 1 is 1.43 bits per heavy atom. The molecule has 0 N–H and O–H groups in total. The highest BCUT2D eigenvalue weighted by atomic mass is 79.9. The molecule has 0 aliphatic heterocycles. The number of alkyl halides is 1. The van der Waals surface area contributed by atoms with Gasteiger partial charge in [-0.2, -0.15) is 0 Å². The van der Waals surface area contributed by atoms with Crippen molar-refractivity contribution in [1.29, 1.82) is 0 Å². The quantitative estimate of drug-likeness (QED) is 0.553. The van der Waals surface area contributed by atoms with Gasteiger partial charge >= 0.3 is 0 Å². The fraction of sp³-hybridized carbons (Fsp3) is 0.455. The van der Waals surface area contributed by atoms with Gasteiger partial charge in [-0.25, -0.2) is 4.39 Å². The molecule has 0 spiro atoms. The van der Waals surface area contributed by atoms with Crippen LogP contribution in [0.3, 0.4) is 0 Å². The van der Waals surface area contributed by atoms with E-state index in [1.807, 2.05) is 20.2 Å². The fourth-order valence-corrected chi connectivity index (χ4v) is 2.63. The van der Waals surface area contributed by atoms with Crippen LogP contribution >= 0.6 is 15.9 Å². The molecule has 0 fully saturated rings. The Labute approximate surface area is 92.0 Å². The Balaban J connectivity index is 2.49. The Morgan fingerprint density at radius 2 is 2.14 bits per heavy atom. The first kappa shape index (κ1) is 10.1. The monoisotopic (exact) mass is 257 g/mol. The van der Waals surface area contributed by atoms with Crippen molar-refractivity contribution in [3.05, 3.63) is 35.1 Å². The number of benzene rings is 1. The Hall–Kier alpha value is -0.410. The Bertz CT molecular complexity index is 364. The van der Waals surface area contributed by atoms with E-state index in [4.69, 9.17) is 0 Å². The summed E-state index contributed by atoms with van der Waals surface area (Å²) in [7, 11) is 4.07. The molecule has 0 saturated carbocycles. The van der Waals surface area contributed by atoms with Crippen LogP contribution in [0.4, 0.5) is 4.39 Å². The van der Waals surface area contributed by atoms with Gasteiger partial charge in [0.05, 0.1) is 0 Å². The molecule has 1 nitrogen and oxygen atoms in total. The fourth-order valence-electron chi connectivity index (χ4n) is 2.04. The second kappa shape index (κ2) is 3.31. The van der Waals surface area contributed by atoms with Crippen molar-refractivity contribution in [3.63, 3.8) is 0 Å². The van der Waals surface area contributed by atoms with E-state index in [9.17, 15) is 4.39 Å². The van der Waals surface area contributed by atoms with Gasteiger partial charge in [0, 0.05) is 0 Å². The van der Waals surface area contributed by atoms with Crippen molar-refractivity contribution in [2.24, 2.45) is 0 Å². The lowest BCUT2D eigenvalue weighted by molar-refractivity contribution is 0.267. The van der Waals surface area contributed by atoms with Crippen LogP contribution in [-0.4, -0.2) is 19.0 Å². The lowest BCUT2D eigenvalue weighted by Gasteiger charge is -2.31. The summed E-state index contributed by atoms with van der Waals surface area (Å²) in [5.41, 5.74) is 2.32. The van der Waals surface area contributed by atoms with Crippen molar-refractivity contribution in [2.45, 2.75) is 17.3 Å². The molecule has 0 saturated heterocycles. The van der Waals surface area contributed by atoms with E-state index >= 15 is 0 Å². The third-order valence-electron chi connectivity index (χ3n) is 2.91. The summed E-state index contributed by atoms with van der Waals surface area (Å²) in [6.45, 7) is 0. The average molecular weight is 258 g/mol. The highest BCUT2D eigenvalue weighted by Crippen LogP contribution is 2.45. The van der Waals surface area contributed by atoms with Gasteiger partial charge in [-0.3, -0.25) is 4.90 Å². The minimum Gasteiger partial charge on any atom is -0.291 e. The first-order valence-corrected chi connectivity index (χ1v) is 5.48. The SMILES string of the molecule is CN(C)C1(Br)CCc2cc(F)ccc21. The van der Waals surface area contributed by atoms with E-state index in [0.29, 0.717) is 0 Å². The van der Waals surface area contributed by atoms with Crippen LogP contribution in [0.25, 0.3) is 0 Å². The lowest BCUT2D eigenvalue weighted by atomic mass is 10.1. The lowest BCUT2D eigenvalue weighted by Crippen LogP contribution is -2.33. The van der Waals surface area contributed by atoms with Gasteiger partial charge < -0.3 is 0 Å². The summed E-state index contributed by atoms with van der Waals surface area (Å²) in [5, 5.41) is 0. The molecule has 1 aromatic rings. The summed E-state index contributed by atoms with van der Waals surface area (Å²) in [6.07, 6.45) is 1.94. The van der Waals surface area contributed by atoms with Gasteiger partial charge in [-0.1, -0.05) is 22.0 Å². The summed E-state index contributed by atoms with van der Waals surface area (Å²) in [6, 6.07) is 5.05. The van der Waals surface area contributed by atoms with Crippen molar-refractivity contribution in [3.8, 4) is 0 Å². The molecule has 0 heterocycles. The first-order chi connectivity index (χ1) is 6.54. The zero-order valence-electron chi connectivity index (χ0n) is 8.35. The second-order valence-corrected chi connectivity index (χ2v) is 5.27. The van der Waals surface area contributed by atoms with Gasteiger partial charge in [-0.05, 0) is 50.2 Å². The van der Waals surface area contributed by atoms with Gasteiger partial charge in [0.15, 0.2) is 0 Å². The predicted octanol–water partition coefficient (Wildman–Crippen LogP) is 2.88. The molecule has 3 heteroatoms. The standard InChI is InChI=1S/C11H13BrFN/c1-14(2)11(12)6-5-8-7-9(13)3-4-10(8)11/h3-4,7H,5-6H2,1-2H3. The molecule has 1 aliphatic rings. The van der Waals surface area contributed by atoms with Crippen molar-refractivity contribution >= 4 is 15.9 Å². The van der Waals surface area contributed by atoms with Gasteiger partial charge in [0.1, 0.15) is 10.3 Å². The minimum atomic E-state index is -0.140. The van der Waals surface area contributed by atoms with E-state index in [1.165, 1.54) is 11.6 Å². The van der Waals surface area contributed by atoms with Crippen LogP contribution in [0.5, 0.6) is 0 Å². The number of hydrogen-bond donors (Lipinski definition) is 0. The van der Waals surface area contributed by atoms with Crippen molar-refractivity contribution in [2.75, 3.05) is 14.1 Å². The summed E-state index contributed by atoms with van der Waals surface area (Å²) >= 11 is 3.74. The third-order valence-corrected chi connectivity index (χ3v) is 4.45. The molecule has 1 unspecified atom stereocenters. The van der Waals surface area contributed by atoms with E-state index in [2.05, 4.69) is 20.8 Å². The Kier molecular flexibility index (Phi) is 2.40. The molecular formula is C11H13BrFN. The highest BCUT2D eigenvalue weighted by molar-refractivity contribution is 9.09. The summed E-state index contributed by atoms with van der Waals surface area (Å²) in [5.74, 6) is -0.140. The number of rotatable bonds is 1. The van der Waals surface area contributed by atoms with Crippen LogP contribution in [0, 0.1) is 5.82 Å². The smallest absolute Gasteiger partial charge is 0.123 e. The van der Waals surface area contributed by atoms with Crippen molar-refractivity contribution < 1.29 is 4.39 Å². The molecule has 0 aromatic heterocycles. The molecule has 0 radical (unpaired) electrons. The molecule has 2 rings (SSSR count).